The molecule has 1 fully saturated rings. The first kappa shape index (κ1) is 13.1. The minimum absolute atomic E-state index is 0.00416. The summed E-state index contributed by atoms with van der Waals surface area (Å²) in [5.74, 6) is -0.0786. The van der Waals surface area contributed by atoms with Crippen molar-refractivity contribution in [2.24, 2.45) is 0 Å². The van der Waals surface area contributed by atoms with Crippen LogP contribution in [-0.4, -0.2) is 42.8 Å². The van der Waals surface area contributed by atoms with Gasteiger partial charge in [0, 0.05) is 25.4 Å². The number of fused-ring (bicyclic) bond motifs is 1. The lowest BCUT2D eigenvalue weighted by molar-refractivity contribution is -0.0479. The first-order valence-electron chi connectivity index (χ1n) is 6.77. The minimum atomic E-state index is -0.0843. The molecule has 0 saturated carbocycles. The van der Waals surface area contributed by atoms with Crippen LogP contribution in [0.2, 0.25) is 0 Å². The van der Waals surface area contributed by atoms with E-state index in [4.69, 9.17) is 9.47 Å². The summed E-state index contributed by atoms with van der Waals surface area (Å²) in [6, 6.07) is 9.62. The van der Waals surface area contributed by atoms with Crippen molar-refractivity contribution in [3.8, 4) is 0 Å². The van der Waals surface area contributed by atoms with E-state index < -0.39 is 0 Å². The highest BCUT2D eigenvalue weighted by Gasteiger charge is 2.27. The number of rotatable bonds is 3. The summed E-state index contributed by atoms with van der Waals surface area (Å²) >= 11 is 0. The number of carbonyl (C=O) groups is 1. The standard InChI is InChI=1S/C15H18N2O3/c1-19-14-10-20-9-7-12(14)16-15(18)13-6-5-11-4-2-3-8-17(11)13/h2-6,8,12,14H,7,9-10H2,1H3,(H,16,18)/t12-,14-/m0/s1. The molecule has 0 spiro atoms. The van der Waals surface area contributed by atoms with Gasteiger partial charge in [-0.1, -0.05) is 6.07 Å². The lowest BCUT2D eigenvalue weighted by atomic mass is 10.1. The maximum Gasteiger partial charge on any atom is 0.268 e. The fourth-order valence-corrected chi connectivity index (χ4v) is 2.59. The summed E-state index contributed by atoms with van der Waals surface area (Å²) < 4.78 is 12.6. The Morgan fingerprint density at radius 2 is 2.30 bits per heavy atom. The molecule has 0 radical (unpaired) electrons. The van der Waals surface area contributed by atoms with E-state index in [-0.39, 0.29) is 18.1 Å². The van der Waals surface area contributed by atoms with Crippen LogP contribution in [0.15, 0.2) is 36.5 Å². The Morgan fingerprint density at radius 1 is 1.40 bits per heavy atom. The average molecular weight is 274 g/mol. The molecular formula is C15H18N2O3. The van der Waals surface area contributed by atoms with Gasteiger partial charge in [-0.2, -0.15) is 0 Å². The maximum atomic E-state index is 12.4. The zero-order valence-corrected chi connectivity index (χ0v) is 11.4. The number of nitrogens with one attached hydrogen (secondary N) is 1. The molecule has 0 bridgehead atoms. The predicted octanol–water partition coefficient (Wildman–Crippen LogP) is 1.47. The molecule has 5 nitrogen and oxygen atoms in total. The topological polar surface area (TPSA) is 52.0 Å². The number of hydrogen-bond donors (Lipinski definition) is 1. The number of hydrogen-bond acceptors (Lipinski definition) is 3. The third-order valence-electron chi connectivity index (χ3n) is 3.72. The molecule has 3 heterocycles. The van der Waals surface area contributed by atoms with E-state index in [1.165, 1.54) is 0 Å². The monoisotopic (exact) mass is 274 g/mol. The van der Waals surface area contributed by atoms with Crippen molar-refractivity contribution in [3.63, 3.8) is 0 Å². The van der Waals surface area contributed by atoms with Gasteiger partial charge < -0.3 is 19.2 Å². The van der Waals surface area contributed by atoms with Gasteiger partial charge in [0.15, 0.2) is 0 Å². The van der Waals surface area contributed by atoms with E-state index in [0.29, 0.717) is 18.9 Å². The van der Waals surface area contributed by atoms with Crippen LogP contribution in [0.5, 0.6) is 0 Å². The second-order valence-electron chi connectivity index (χ2n) is 4.93. The van der Waals surface area contributed by atoms with Gasteiger partial charge in [0.2, 0.25) is 0 Å². The first-order chi connectivity index (χ1) is 9.79. The van der Waals surface area contributed by atoms with Crippen molar-refractivity contribution in [2.45, 2.75) is 18.6 Å². The second-order valence-corrected chi connectivity index (χ2v) is 4.93. The molecule has 1 N–H and O–H groups in total. The molecule has 1 aliphatic rings. The quantitative estimate of drug-likeness (QED) is 0.922. The Bertz CT molecular complexity index is 608. The number of ether oxygens (including phenoxy) is 2. The van der Waals surface area contributed by atoms with Crippen LogP contribution < -0.4 is 5.32 Å². The SMILES string of the molecule is CO[C@H]1COCC[C@@H]1NC(=O)c1ccc2ccccn12. The van der Waals surface area contributed by atoms with E-state index in [1.54, 1.807) is 7.11 Å². The Balaban J connectivity index is 1.78. The molecule has 3 rings (SSSR count). The molecule has 2 atom stereocenters. The Kier molecular flexibility index (Phi) is 3.71. The van der Waals surface area contributed by atoms with E-state index in [1.807, 2.05) is 40.9 Å². The molecule has 2 aromatic rings. The predicted molar refractivity (Wildman–Crippen MR) is 74.9 cm³/mol. The van der Waals surface area contributed by atoms with Crippen LogP contribution in [0.4, 0.5) is 0 Å². The van der Waals surface area contributed by atoms with Gasteiger partial charge in [-0.15, -0.1) is 0 Å². The summed E-state index contributed by atoms with van der Waals surface area (Å²) in [5, 5.41) is 3.05. The number of carbonyl (C=O) groups excluding carboxylic acids is 1. The zero-order valence-electron chi connectivity index (χ0n) is 11.4. The largest absolute Gasteiger partial charge is 0.379 e. The number of pyridine rings is 1. The molecule has 5 heteroatoms. The first-order valence-corrected chi connectivity index (χ1v) is 6.77. The lowest BCUT2D eigenvalue weighted by Crippen LogP contribution is -2.49. The van der Waals surface area contributed by atoms with E-state index in [0.717, 1.165) is 11.9 Å². The smallest absolute Gasteiger partial charge is 0.268 e. The van der Waals surface area contributed by atoms with Gasteiger partial charge in [-0.3, -0.25) is 4.79 Å². The summed E-state index contributed by atoms with van der Waals surface area (Å²) in [5.41, 5.74) is 1.65. The van der Waals surface area contributed by atoms with Crippen LogP contribution in [0, 0.1) is 0 Å². The molecule has 20 heavy (non-hydrogen) atoms. The Morgan fingerprint density at radius 3 is 3.15 bits per heavy atom. The zero-order chi connectivity index (χ0) is 13.9. The van der Waals surface area contributed by atoms with Crippen molar-refractivity contribution in [1.82, 2.24) is 9.72 Å². The molecule has 1 saturated heterocycles. The number of aromatic nitrogens is 1. The highest BCUT2D eigenvalue weighted by molar-refractivity contribution is 5.94. The van der Waals surface area contributed by atoms with Crippen LogP contribution in [0.25, 0.3) is 5.52 Å². The Labute approximate surface area is 117 Å². The number of methoxy groups -OCH3 is 1. The highest BCUT2D eigenvalue weighted by Crippen LogP contribution is 2.13. The summed E-state index contributed by atoms with van der Waals surface area (Å²) in [6.45, 7) is 1.18. The van der Waals surface area contributed by atoms with Crippen LogP contribution in [0.1, 0.15) is 16.9 Å². The van der Waals surface area contributed by atoms with E-state index in [2.05, 4.69) is 5.32 Å². The molecule has 106 valence electrons. The van der Waals surface area contributed by atoms with Crippen molar-refractivity contribution >= 4 is 11.4 Å². The third-order valence-corrected chi connectivity index (χ3v) is 3.72. The molecule has 1 amide bonds. The van der Waals surface area contributed by atoms with Crippen LogP contribution in [-0.2, 0) is 9.47 Å². The molecule has 1 aliphatic heterocycles. The molecule has 0 aromatic carbocycles. The fraction of sp³-hybridized carbons (Fsp3) is 0.400. The number of amides is 1. The van der Waals surface area contributed by atoms with Crippen molar-refractivity contribution in [2.75, 3.05) is 20.3 Å². The fourth-order valence-electron chi connectivity index (χ4n) is 2.59. The van der Waals surface area contributed by atoms with Gasteiger partial charge in [-0.05, 0) is 30.7 Å². The van der Waals surface area contributed by atoms with Crippen LogP contribution >= 0.6 is 0 Å². The van der Waals surface area contributed by atoms with Crippen molar-refractivity contribution in [3.05, 3.63) is 42.2 Å². The minimum Gasteiger partial charge on any atom is -0.379 e. The lowest BCUT2D eigenvalue weighted by Gasteiger charge is -2.30. The number of nitrogens with zero attached hydrogens (tertiary/aromatic N) is 1. The van der Waals surface area contributed by atoms with E-state index in [9.17, 15) is 4.79 Å². The molecular weight excluding hydrogens is 256 g/mol. The Hall–Kier alpha value is -1.85. The summed E-state index contributed by atoms with van der Waals surface area (Å²) in [7, 11) is 1.64. The average Bonchev–Trinajstić information content (AvgIpc) is 2.92. The summed E-state index contributed by atoms with van der Waals surface area (Å²) in [4.78, 5) is 12.4. The van der Waals surface area contributed by atoms with Gasteiger partial charge >= 0.3 is 0 Å². The van der Waals surface area contributed by atoms with E-state index >= 15 is 0 Å². The van der Waals surface area contributed by atoms with Crippen LogP contribution in [0.3, 0.4) is 0 Å². The van der Waals surface area contributed by atoms with Gasteiger partial charge in [0.1, 0.15) is 11.8 Å². The van der Waals surface area contributed by atoms with Gasteiger partial charge in [0.05, 0.1) is 12.6 Å². The highest BCUT2D eigenvalue weighted by atomic mass is 16.5. The molecule has 0 aliphatic carbocycles. The maximum absolute atomic E-state index is 12.4. The summed E-state index contributed by atoms with van der Waals surface area (Å²) in [6.07, 6.45) is 2.58. The third kappa shape index (κ3) is 2.42. The van der Waals surface area contributed by atoms with Gasteiger partial charge in [0.25, 0.3) is 5.91 Å². The normalized spacial score (nSPS) is 22.9. The molecule has 2 aromatic heterocycles. The van der Waals surface area contributed by atoms with Crippen molar-refractivity contribution < 1.29 is 14.3 Å². The molecule has 0 unspecified atom stereocenters. The second kappa shape index (κ2) is 5.64. The van der Waals surface area contributed by atoms with Gasteiger partial charge in [-0.25, -0.2) is 0 Å². The van der Waals surface area contributed by atoms with Crippen molar-refractivity contribution in [1.29, 1.82) is 0 Å².